The van der Waals surface area contributed by atoms with Crippen LogP contribution in [0.1, 0.15) is 5.69 Å². The fourth-order valence-electron chi connectivity index (χ4n) is 2.32. The Kier molecular flexibility index (Phi) is 5.36. The van der Waals surface area contributed by atoms with Crippen molar-refractivity contribution in [3.8, 4) is 5.75 Å². The lowest BCUT2D eigenvalue weighted by molar-refractivity contribution is 0.415. The lowest BCUT2D eigenvalue weighted by Crippen LogP contribution is -2.04. The van der Waals surface area contributed by atoms with Crippen LogP contribution < -0.4 is 15.4 Å². The van der Waals surface area contributed by atoms with Gasteiger partial charge in [0.25, 0.3) is 0 Å². The summed E-state index contributed by atoms with van der Waals surface area (Å²) in [6.45, 7) is 1.71. The summed E-state index contributed by atoms with van der Waals surface area (Å²) in [7, 11) is 1.51. The Morgan fingerprint density at radius 3 is 2.44 bits per heavy atom. The summed E-state index contributed by atoms with van der Waals surface area (Å²) < 4.78 is 45.4. The molecule has 3 aromatic rings. The van der Waals surface area contributed by atoms with E-state index in [1.807, 2.05) is 0 Å². The van der Waals surface area contributed by atoms with Gasteiger partial charge in [0.2, 0.25) is 5.95 Å². The number of benzene rings is 2. The number of halogens is 4. The summed E-state index contributed by atoms with van der Waals surface area (Å²) in [6, 6.07) is 8.48. The standard InChI is InChI=1S/C18H14ClF3N4O/c1-9-7-15(25-13-5-4-12(20)16(21)17(13)22)26-18(23-9)24-10-3-6-14(27-2)11(19)8-10/h3-8H,1-2H3,(H2,23,24,25,26). The largest absolute Gasteiger partial charge is 0.495 e. The quantitative estimate of drug-likeness (QED) is 0.571. The van der Waals surface area contributed by atoms with Crippen LogP contribution >= 0.6 is 11.6 Å². The van der Waals surface area contributed by atoms with Crippen LogP contribution in [0, 0.1) is 24.4 Å². The van der Waals surface area contributed by atoms with Gasteiger partial charge in [0.15, 0.2) is 17.5 Å². The molecule has 0 saturated carbocycles. The monoisotopic (exact) mass is 394 g/mol. The minimum absolute atomic E-state index is 0.203. The number of anilines is 4. The fourth-order valence-corrected chi connectivity index (χ4v) is 2.58. The van der Waals surface area contributed by atoms with Gasteiger partial charge in [0.1, 0.15) is 11.6 Å². The number of aryl methyl sites for hydroxylation is 1. The second kappa shape index (κ2) is 7.71. The number of hydrogen-bond acceptors (Lipinski definition) is 5. The van der Waals surface area contributed by atoms with Crippen LogP contribution in [0.2, 0.25) is 5.02 Å². The summed E-state index contributed by atoms with van der Waals surface area (Å²) in [5.41, 5.74) is 0.930. The van der Waals surface area contributed by atoms with E-state index in [1.54, 1.807) is 25.1 Å². The van der Waals surface area contributed by atoms with Gasteiger partial charge in [0.05, 0.1) is 17.8 Å². The minimum Gasteiger partial charge on any atom is -0.495 e. The maximum atomic E-state index is 13.8. The Morgan fingerprint density at radius 2 is 1.74 bits per heavy atom. The molecule has 2 aromatic carbocycles. The normalized spacial score (nSPS) is 10.6. The maximum Gasteiger partial charge on any atom is 0.229 e. The zero-order valence-corrected chi connectivity index (χ0v) is 15.0. The molecule has 27 heavy (non-hydrogen) atoms. The number of ether oxygens (including phenoxy) is 1. The zero-order chi connectivity index (χ0) is 19.6. The van der Waals surface area contributed by atoms with E-state index in [0.29, 0.717) is 22.2 Å². The van der Waals surface area contributed by atoms with Crippen molar-refractivity contribution in [2.75, 3.05) is 17.7 Å². The van der Waals surface area contributed by atoms with Crippen molar-refractivity contribution in [3.63, 3.8) is 0 Å². The first-order valence-corrected chi connectivity index (χ1v) is 8.12. The Morgan fingerprint density at radius 1 is 0.963 bits per heavy atom. The number of nitrogens with one attached hydrogen (secondary N) is 2. The van der Waals surface area contributed by atoms with Gasteiger partial charge < -0.3 is 15.4 Å². The molecule has 3 rings (SSSR count). The molecule has 0 aliphatic rings. The van der Waals surface area contributed by atoms with Crippen molar-refractivity contribution in [3.05, 3.63) is 64.6 Å². The molecular formula is C18H14ClF3N4O. The van der Waals surface area contributed by atoms with Gasteiger partial charge in [-0.15, -0.1) is 0 Å². The molecule has 0 radical (unpaired) electrons. The van der Waals surface area contributed by atoms with Crippen molar-refractivity contribution in [2.24, 2.45) is 0 Å². The SMILES string of the molecule is COc1ccc(Nc2nc(C)cc(Nc3ccc(F)c(F)c3F)n2)cc1Cl. The summed E-state index contributed by atoms with van der Waals surface area (Å²) in [5, 5.41) is 5.99. The van der Waals surface area contributed by atoms with Gasteiger partial charge in [0, 0.05) is 17.4 Å². The van der Waals surface area contributed by atoms with Gasteiger partial charge in [-0.3, -0.25) is 0 Å². The number of rotatable bonds is 5. The molecule has 1 heterocycles. The van der Waals surface area contributed by atoms with Crippen LogP contribution in [0.3, 0.4) is 0 Å². The molecule has 9 heteroatoms. The zero-order valence-electron chi connectivity index (χ0n) is 14.3. The van der Waals surface area contributed by atoms with Crippen LogP contribution in [0.4, 0.5) is 36.3 Å². The molecule has 0 aliphatic carbocycles. The van der Waals surface area contributed by atoms with Gasteiger partial charge in [-0.2, -0.15) is 4.98 Å². The number of nitrogens with zero attached hydrogens (tertiary/aromatic N) is 2. The smallest absolute Gasteiger partial charge is 0.229 e. The van der Waals surface area contributed by atoms with Crippen molar-refractivity contribution in [1.82, 2.24) is 9.97 Å². The molecule has 1 aromatic heterocycles. The first kappa shape index (κ1) is 18.8. The van der Waals surface area contributed by atoms with Gasteiger partial charge in [-0.1, -0.05) is 11.6 Å². The second-order valence-corrected chi connectivity index (χ2v) is 5.95. The third kappa shape index (κ3) is 4.22. The van der Waals surface area contributed by atoms with Crippen LogP contribution in [0.15, 0.2) is 36.4 Å². The predicted octanol–water partition coefficient (Wildman–Crippen LogP) is 5.35. The van der Waals surface area contributed by atoms with Gasteiger partial charge in [-0.05, 0) is 37.3 Å². The van der Waals surface area contributed by atoms with E-state index in [9.17, 15) is 13.2 Å². The summed E-state index contributed by atoms with van der Waals surface area (Å²) in [5.74, 6) is -3.23. The number of aromatic nitrogens is 2. The molecule has 0 bridgehead atoms. The lowest BCUT2D eigenvalue weighted by Gasteiger charge is -2.12. The Balaban J connectivity index is 1.86. The molecule has 2 N–H and O–H groups in total. The molecule has 0 spiro atoms. The molecule has 0 unspecified atom stereocenters. The predicted molar refractivity (Wildman–Crippen MR) is 97.7 cm³/mol. The Labute approximate surface area is 158 Å². The van der Waals surface area contributed by atoms with E-state index in [2.05, 4.69) is 20.6 Å². The second-order valence-electron chi connectivity index (χ2n) is 5.54. The molecule has 0 fully saturated rings. The average Bonchev–Trinajstić information content (AvgIpc) is 2.62. The van der Waals surface area contributed by atoms with Crippen LogP contribution in [0.5, 0.6) is 5.75 Å². The van der Waals surface area contributed by atoms with Crippen LogP contribution in [-0.2, 0) is 0 Å². The van der Waals surface area contributed by atoms with E-state index >= 15 is 0 Å². The summed E-state index contributed by atoms with van der Waals surface area (Å²) in [6.07, 6.45) is 0. The van der Waals surface area contributed by atoms with Crippen molar-refractivity contribution >= 4 is 34.7 Å². The highest BCUT2D eigenvalue weighted by molar-refractivity contribution is 6.32. The summed E-state index contributed by atoms with van der Waals surface area (Å²) >= 11 is 6.08. The fraction of sp³-hybridized carbons (Fsp3) is 0.111. The molecule has 0 saturated heterocycles. The molecule has 0 atom stereocenters. The average molecular weight is 395 g/mol. The minimum atomic E-state index is -1.56. The van der Waals surface area contributed by atoms with E-state index in [-0.39, 0.29) is 17.5 Å². The van der Waals surface area contributed by atoms with Crippen molar-refractivity contribution in [1.29, 1.82) is 0 Å². The van der Waals surface area contributed by atoms with Crippen molar-refractivity contribution < 1.29 is 17.9 Å². The molecule has 140 valence electrons. The third-order valence-corrected chi connectivity index (χ3v) is 3.86. The highest BCUT2D eigenvalue weighted by atomic mass is 35.5. The molecule has 0 aliphatic heterocycles. The summed E-state index contributed by atoms with van der Waals surface area (Å²) in [4.78, 5) is 8.43. The van der Waals surface area contributed by atoms with E-state index < -0.39 is 17.5 Å². The molecule has 0 amide bonds. The van der Waals surface area contributed by atoms with Crippen LogP contribution in [-0.4, -0.2) is 17.1 Å². The highest BCUT2D eigenvalue weighted by Gasteiger charge is 2.14. The Bertz CT molecular complexity index is 1000. The molecular weight excluding hydrogens is 381 g/mol. The van der Waals surface area contributed by atoms with Gasteiger partial charge >= 0.3 is 0 Å². The van der Waals surface area contributed by atoms with Crippen LogP contribution in [0.25, 0.3) is 0 Å². The van der Waals surface area contributed by atoms with Gasteiger partial charge in [-0.25, -0.2) is 18.2 Å². The number of methoxy groups -OCH3 is 1. The highest BCUT2D eigenvalue weighted by Crippen LogP contribution is 2.29. The first-order chi connectivity index (χ1) is 12.9. The first-order valence-electron chi connectivity index (χ1n) is 7.74. The molecule has 5 nitrogen and oxygen atoms in total. The lowest BCUT2D eigenvalue weighted by atomic mass is 10.2. The topological polar surface area (TPSA) is 59.1 Å². The van der Waals surface area contributed by atoms with E-state index in [0.717, 1.165) is 12.1 Å². The van der Waals surface area contributed by atoms with E-state index in [1.165, 1.54) is 13.2 Å². The van der Waals surface area contributed by atoms with E-state index in [4.69, 9.17) is 16.3 Å². The Hall–Kier alpha value is -3.00. The van der Waals surface area contributed by atoms with Crippen molar-refractivity contribution in [2.45, 2.75) is 6.92 Å². The maximum absolute atomic E-state index is 13.8. The number of hydrogen-bond donors (Lipinski definition) is 2. The third-order valence-electron chi connectivity index (χ3n) is 3.56.